The van der Waals surface area contributed by atoms with Crippen molar-refractivity contribution in [3.05, 3.63) is 18.3 Å². The fourth-order valence-corrected chi connectivity index (χ4v) is 1.66. The van der Waals surface area contributed by atoms with E-state index in [4.69, 9.17) is 5.11 Å². The maximum absolute atomic E-state index is 8.85. The van der Waals surface area contributed by atoms with Gasteiger partial charge in [-0.3, -0.25) is 0 Å². The summed E-state index contributed by atoms with van der Waals surface area (Å²) in [5, 5.41) is 15.3. The molecule has 0 bridgehead atoms. The van der Waals surface area contributed by atoms with Crippen molar-refractivity contribution < 1.29 is 5.11 Å². The van der Waals surface area contributed by atoms with E-state index in [1.165, 1.54) is 0 Å². The molecule has 1 aromatic heterocycles. The van der Waals surface area contributed by atoms with Crippen molar-refractivity contribution in [2.24, 2.45) is 5.41 Å². The Morgan fingerprint density at radius 1 is 1.41 bits per heavy atom. The summed E-state index contributed by atoms with van der Waals surface area (Å²) >= 11 is 0. The van der Waals surface area contributed by atoms with Crippen molar-refractivity contribution >= 4 is 11.5 Å². The summed E-state index contributed by atoms with van der Waals surface area (Å²) in [5.74, 6) is 0.864. The maximum atomic E-state index is 8.85. The molecule has 0 saturated heterocycles. The van der Waals surface area contributed by atoms with Crippen LogP contribution < -0.4 is 10.6 Å². The van der Waals surface area contributed by atoms with E-state index in [2.05, 4.69) is 29.5 Å². The second kappa shape index (κ2) is 6.45. The Morgan fingerprint density at radius 2 is 2.18 bits per heavy atom. The van der Waals surface area contributed by atoms with Crippen molar-refractivity contribution in [2.45, 2.75) is 26.7 Å². The second-order valence-electron chi connectivity index (χ2n) is 5.02. The predicted molar refractivity (Wildman–Crippen MR) is 72.4 cm³/mol. The van der Waals surface area contributed by atoms with Gasteiger partial charge in [0.15, 0.2) is 0 Å². The Bertz CT molecular complexity index is 339. The number of aromatic nitrogens is 1. The first-order valence-electron chi connectivity index (χ1n) is 6.06. The number of aliphatic hydroxyl groups is 1. The van der Waals surface area contributed by atoms with Gasteiger partial charge in [-0.1, -0.05) is 13.8 Å². The van der Waals surface area contributed by atoms with Crippen molar-refractivity contribution in [1.82, 2.24) is 4.98 Å². The number of nitrogens with zero attached hydrogens (tertiary/aromatic N) is 1. The highest BCUT2D eigenvalue weighted by Crippen LogP contribution is 2.23. The van der Waals surface area contributed by atoms with Gasteiger partial charge in [-0.2, -0.15) is 0 Å². The summed E-state index contributed by atoms with van der Waals surface area (Å²) in [6.45, 7) is 5.56. The van der Waals surface area contributed by atoms with Gasteiger partial charge >= 0.3 is 0 Å². The molecule has 3 N–H and O–H groups in total. The highest BCUT2D eigenvalue weighted by molar-refractivity contribution is 5.51. The van der Waals surface area contributed by atoms with Crippen LogP contribution in [0.2, 0.25) is 0 Å². The number of hydrogen-bond donors (Lipinski definition) is 3. The molecule has 0 spiro atoms. The first kappa shape index (κ1) is 13.8. The quantitative estimate of drug-likeness (QED) is 0.681. The zero-order valence-corrected chi connectivity index (χ0v) is 11.0. The molecule has 1 rings (SSSR count). The Hall–Kier alpha value is -1.29. The van der Waals surface area contributed by atoms with E-state index in [-0.39, 0.29) is 12.0 Å². The van der Waals surface area contributed by atoms with Crippen LogP contribution in [0.5, 0.6) is 0 Å². The molecule has 0 fully saturated rings. The minimum absolute atomic E-state index is 0.186. The molecule has 0 saturated carbocycles. The number of aliphatic hydroxyl groups excluding tert-OH is 1. The normalized spacial score (nSPS) is 11.3. The lowest BCUT2D eigenvalue weighted by Gasteiger charge is -2.25. The first-order chi connectivity index (χ1) is 8.07. The van der Waals surface area contributed by atoms with Gasteiger partial charge < -0.3 is 15.7 Å². The molecule has 1 heterocycles. The lowest BCUT2D eigenvalue weighted by atomic mass is 9.88. The largest absolute Gasteiger partial charge is 0.396 e. The van der Waals surface area contributed by atoms with Crippen LogP contribution in [0.4, 0.5) is 11.5 Å². The van der Waals surface area contributed by atoms with Gasteiger partial charge in [-0.25, -0.2) is 4.98 Å². The molecule has 4 heteroatoms. The summed E-state index contributed by atoms with van der Waals surface area (Å²) in [7, 11) is 1.86. The van der Waals surface area contributed by atoms with Crippen LogP contribution in [-0.2, 0) is 0 Å². The Morgan fingerprint density at radius 3 is 2.82 bits per heavy atom. The van der Waals surface area contributed by atoms with Crippen LogP contribution in [0.25, 0.3) is 0 Å². The lowest BCUT2D eigenvalue weighted by Crippen LogP contribution is -2.23. The summed E-state index contributed by atoms with van der Waals surface area (Å²) < 4.78 is 0. The molecule has 0 aromatic carbocycles. The molecule has 17 heavy (non-hydrogen) atoms. The molecule has 4 nitrogen and oxygen atoms in total. The van der Waals surface area contributed by atoms with Gasteiger partial charge in [0, 0.05) is 38.1 Å². The predicted octanol–water partition coefficient (Wildman–Crippen LogP) is 2.33. The van der Waals surface area contributed by atoms with Crippen molar-refractivity contribution in [3.8, 4) is 0 Å². The second-order valence-corrected chi connectivity index (χ2v) is 5.02. The number of anilines is 2. The van der Waals surface area contributed by atoms with Gasteiger partial charge in [0.2, 0.25) is 0 Å². The molecule has 96 valence electrons. The molecule has 0 radical (unpaired) electrons. The molecule has 0 atom stereocenters. The van der Waals surface area contributed by atoms with Gasteiger partial charge in [-0.15, -0.1) is 0 Å². The molecule has 0 aliphatic heterocycles. The van der Waals surface area contributed by atoms with E-state index in [1.54, 1.807) is 6.20 Å². The Labute approximate surface area is 103 Å². The minimum Gasteiger partial charge on any atom is -0.396 e. The van der Waals surface area contributed by atoms with E-state index in [1.807, 2.05) is 19.2 Å². The number of hydrogen-bond acceptors (Lipinski definition) is 4. The number of nitrogens with one attached hydrogen (secondary N) is 2. The average molecular weight is 237 g/mol. The topological polar surface area (TPSA) is 57.2 Å². The third kappa shape index (κ3) is 5.04. The smallest absolute Gasteiger partial charge is 0.127 e. The monoisotopic (exact) mass is 237 g/mol. The van der Waals surface area contributed by atoms with Crippen molar-refractivity contribution in [2.75, 3.05) is 30.8 Å². The number of rotatable bonds is 7. The molecular weight excluding hydrogens is 214 g/mol. The van der Waals surface area contributed by atoms with E-state index >= 15 is 0 Å². The van der Waals surface area contributed by atoms with E-state index in [0.29, 0.717) is 0 Å². The third-order valence-corrected chi connectivity index (χ3v) is 2.80. The SMILES string of the molecule is CNc1cc(NCC(C)(C)CCCO)ccn1. The molecule has 0 aliphatic carbocycles. The van der Waals surface area contributed by atoms with Crippen molar-refractivity contribution in [3.63, 3.8) is 0 Å². The number of pyridine rings is 1. The van der Waals surface area contributed by atoms with Gasteiger partial charge in [0.05, 0.1) is 0 Å². The fourth-order valence-electron chi connectivity index (χ4n) is 1.66. The Kier molecular flexibility index (Phi) is 5.22. The fraction of sp³-hybridized carbons (Fsp3) is 0.615. The minimum atomic E-state index is 0.186. The molecule has 1 aromatic rings. The Balaban J connectivity index is 2.48. The molecular formula is C13H23N3O. The van der Waals surface area contributed by atoms with E-state index < -0.39 is 0 Å². The van der Waals surface area contributed by atoms with Crippen LogP contribution in [0.1, 0.15) is 26.7 Å². The summed E-state index contributed by atoms with van der Waals surface area (Å²) in [6, 6.07) is 3.95. The standard InChI is InChI=1S/C13H23N3O/c1-13(2,6-4-8-17)10-16-11-5-7-15-12(9-11)14-3/h5,7,9,17H,4,6,8,10H2,1-3H3,(H2,14,15,16). The van der Waals surface area contributed by atoms with E-state index in [0.717, 1.165) is 30.9 Å². The molecule has 0 aliphatic rings. The van der Waals surface area contributed by atoms with Crippen molar-refractivity contribution in [1.29, 1.82) is 0 Å². The molecule has 0 amide bonds. The van der Waals surface area contributed by atoms with Gasteiger partial charge in [0.25, 0.3) is 0 Å². The average Bonchev–Trinajstić information content (AvgIpc) is 2.34. The van der Waals surface area contributed by atoms with Crippen LogP contribution in [0.15, 0.2) is 18.3 Å². The van der Waals surface area contributed by atoms with Crippen LogP contribution in [0, 0.1) is 5.41 Å². The summed E-state index contributed by atoms with van der Waals surface area (Å²) in [5.41, 5.74) is 1.26. The van der Waals surface area contributed by atoms with E-state index in [9.17, 15) is 0 Å². The van der Waals surface area contributed by atoms with Gasteiger partial charge in [-0.05, 0) is 24.3 Å². The third-order valence-electron chi connectivity index (χ3n) is 2.80. The zero-order valence-electron chi connectivity index (χ0n) is 11.0. The lowest BCUT2D eigenvalue weighted by molar-refractivity contribution is 0.248. The van der Waals surface area contributed by atoms with Crippen LogP contribution in [-0.4, -0.2) is 30.3 Å². The van der Waals surface area contributed by atoms with Gasteiger partial charge in [0.1, 0.15) is 5.82 Å². The zero-order chi connectivity index (χ0) is 12.7. The summed E-state index contributed by atoms with van der Waals surface area (Å²) in [6.07, 6.45) is 3.65. The van der Waals surface area contributed by atoms with Crippen LogP contribution in [0.3, 0.4) is 0 Å². The maximum Gasteiger partial charge on any atom is 0.127 e. The van der Waals surface area contributed by atoms with Crippen LogP contribution >= 0.6 is 0 Å². The first-order valence-corrected chi connectivity index (χ1v) is 6.06. The molecule has 0 unspecified atom stereocenters. The summed E-state index contributed by atoms with van der Waals surface area (Å²) in [4.78, 5) is 4.17. The highest BCUT2D eigenvalue weighted by atomic mass is 16.2. The highest BCUT2D eigenvalue weighted by Gasteiger charge is 2.16.